The van der Waals surface area contributed by atoms with E-state index in [2.05, 4.69) is 0 Å². The lowest BCUT2D eigenvalue weighted by molar-refractivity contribution is 0.101. The summed E-state index contributed by atoms with van der Waals surface area (Å²) >= 11 is 11.8. The molecule has 0 spiro atoms. The molecule has 0 bridgehead atoms. The van der Waals surface area contributed by atoms with Crippen molar-refractivity contribution in [1.29, 1.82) is 0 Å². The van der Waals surface area contributed by atoms with Gasteiger partial charge in [-0.25, -0.2) is 0 Å². The zero-order valence-electron chi connectivity index (χ0n) is 10.1. The average Bonchev–Trinajstić information content (AvgIpc) is 2.32. The maximum atomic E-state index is 11.3. The van der Waals surface area contributed by atoms with Crippen LogP contribution < -0.4 is 10.5 Å². The van der Waals surface area contributed by atoms with Crippen molar-refractivity contribution in [3.05, 3.63) is 52.0 Å². The largest absolute Gasteiger partial charge is 0.456 e. The van der Waals surface area contributed by atoms with Gasteiger partial charge in [-0.2, -0.15) is 0 Å². The van der Waals surface area contributed by atoms with Crippen LogP contribution in [-0.2, 0) is 0 Å². The minimum atomic E-state index is -0.0893. The second kappa shape index (κ2) is 5.51. The first-order valence-corrected chi connectivity index (χ1v) is 6.26. The fraction of sp³-hybridized carbons (Fsp3) is 0.0714. The summed E-state index contributed by atoms with van der Waals surface area (Å²) in [6.07, 6.45) is 0. The highest BCUT2D eigenvalue weighted by Gasteiger charge is 2.08. The van der Waals surface area contributed by atoms with E-state index >= 15 is 0 Å². The molecule has 0 aliphatic heterocycles. The number of halogens is 2. The van der Waals surface area contributed by atoms with Crippen molar-refractivity contribution in [3.8, 4) is 11.5 Å². The molecule has 0 saturated carbocycles. The molecule has 98 valence electrons. The summed E-state index contributed by atoms with van der Waals surface area (Å²) in [5, 5.41) is 0.936. The maximum Gasteiger partial charge on any atom is 0.161 e. The Labute approximate surface area is 120 Å². The summed E-state index contributed by atoms with van der Waals surface area (Å²) in [5.74, 6) is 0.890. The SMILES string of the molecule is CC(=O)c1ccc(Oc2ccc(Cl)cc2Cl)cc1N. The molecule has 0 radical (unpaired) electrons. The van der Waals surface area contributed by atoms with Gasteiger partial charge in [-0.05, 0) is 37.3 Å². The smallest absolute Gasteiger partial charge is 0.161 e. The van der Waals surface area contributed by atoms with Crippen molar-refractivity contribution in [2.75, 3.05) is 5.73 Å². The number of carbonyl (C=O) groups is 1. The predicted molar refractivity (Wildman–Crippen MR) is 77.4 cm³/mol. The number of benzene rings is 2. The van der Waals surface area contributed by atoms with Gasteiger partial charge in [-0.1, -0.05) is 23.2 Å². The molecule has 5 heteroatoms. The maximum absolute atomic E-state index is 11.3. The Morgan fingerprint density at radius 1 is 1.16 bits per heavy atom. The van der Waals surface area contributed by atoms with Gasteiger partial charge in [0, 0.05) is 22.3 Å². The van der Waals surface area contributed by atoms with Crippen LogP contribution in [0.4, 0.5) is 5.69 Å². The molecule has 2 aromatic rings. The molecule has 0 atom stereocenters. The van der Waals surface area contributed by atoms with E-state index in [0.717, 1.165) is 0 Å². The first-order valence-electron chi connectivity index (χ1n) is 5.51. The number of hydrogen-bond donors (Lipinski definition) is 1. The van der Waals surface area contributed by atoms with Gasteiger partial charge in [-0.15, -0.1) is 0 Å². The number of ketones is 1. The van der Waals surface area contributed by atoms with Crippen molar-refractivity contribution in [2.24, 2.45) is 0 Å². The van der Waals surface area contributed by atoms with Crippen molar-refractivity contribution >= 4 is 34.7 Å². The van der Waals surface area contributed by atoms with Crippen LogP contribution in [0.3, 0.4) is 0 Å². The van der Waals surface area contributed by atoms with E-state index in [1.54, 1.807) is 36.4 Å². The minimum Gasteiger partial charge on any atom is -0.456 e. The summed E-state index contributed by atoms with van der Waals surface area (Å²) in [6, 6.07) is 9.80. The van der Waals surface area contributed by atoms with E-state index in [4.69, 9.17) is 33.7 Å². The average molecular weight is 296 g/mol. The molecule has 2 rings (SSSR count). The van der Waals surface area contributed by atoms with Gasteiger partial charge < -0.3 is 10.5 Å². The van der Waals surface area contributed by atoms with Crippen molar-refractivity contribution in [2.45, 2.75) is 6.92 Å². The molecule has 0 amide bonds. The number of ether oxygens (including phenoxy) is 1. The van der Waals surface area contributed by atoms with E-state index < -0.39 is 0 Å². The topological polar surface area (TPSA) is 52.3 Å². The van der Waals surface area contributed by atoms with Crippen LogP contribution in [0.1, 0.15) is 17.3 Å². The van der Waals surface area contributed by atoms with E-state index in [1.807, 2.05) is 0 Å². The van der Waals surface area contributed by atoms with Crippen LogP contribution in [0.25, 0.3) is 0 Å². The van der Waals surface area contributed by atoms with Crippen LogP contribution in [0.5, 0.6) is 11.5 Å². The zero-order valence-corrected chi connectivity index (χ0v) is 11.6. The Morgan fingerprint density at radius 3 is 2.47 bits per heavy atom. The molecular formula is C14H11Cl2NO2. The summed E-state index contributed by atoms with van der Waals surface area (Å²) in [5.41, 5.74) is 6.62. The molecule has 0 heterocycles. The molecule has 2 N–H and O–H groups in total. The summed E-state index contributed by atoms with van der Waals surface area (Å²) in [4.78, 5) is 11.3. The monoisotopic (exact) mass is 295 g/mol. The van der Waals surface area contributed by atoms with Gasteiger partial charge in [0.05, 0.1) is 5.02 Å². The molecule has 0 unspecified atom stereocenters. The summed E-state index contributed by atoms with van der Waals surface area (Å²) < 4.78 is 5.60. The first kappa shape index (κ1) is 13.7. The highest BCUT2D eigenvalue weighted by Crippen LogP contribution is 2.32. The van der Waals surface area contributed by atoms with Gasteiger partial charge in [0.15, 0.2) is 5.78 Å². The Hall–Kier alpha value is -1.71. The molecule has 3 nitrogen and oxygen atoms in total. The third-order valence-corrected chi connectivity index (χ3v) is 3.05. The number of nitrogens with two attached hydrogens (primary N) is 1. The second-order valence-corrected chi connectivity index (χ2v) is 4.83. The Balaban J connectivity index is 2.29. The van der Waals surface area contributed by atoms with E-state index in [9.17, 15) is 4.79 Å². The summed E-state index contributed by atoms with van der Waals surface area (Å²) in [7, 11) is 0. The number of hydrogen-bond acceptors (Lipinski definition) is 3. The van der Waals surface area contributed by atoms with E-state index in [0.29, 0.717) is 32.8 Å². The highest BCUT2D eigenvalue weighted by atomic mass is 35.5. The molecule has 0 aliphatic carbocycles. The molecule has 0 fully saturated rings. The predicted octanol–water partition coefficient (Wildman–Crippen LogP) is 4.57. The number of carbonyl (C=O) groups excluding carboxylic acids is 1. The fourth-order valence-electron chi connectivity index (χ4n) is 1.61. The van der Waals surface area contributed by atoms with Crippen LogP contribution in [0.15, 0.2) is 36.4 Å². The lowest BCUT2D eigenvalue weighted by Gasteiger charge is -2.09. The van der Waals surface area contributed by atoms with Gasteiger partial charge in [0.2, 0.25) is 0 Å². The van der Waals surface area contributed by atoms with Crippen LogP contribution >= 0.6 is 23.2 Å². The second-order valence-electron chi connectivity index (χ2n) is 3.98. The lowest BCUT2D eigenvalue weighted by atomic mass is 10.1. The zero-order chi connectivity index (χ0) is 14.0. The van der Waals surface area contributed by atoms with Crippen molar-refractivity contribution in [1.82, 2.24) is 0 Å². The summed E-state index contributed by atoms with van der Waals surface area (Å²) in [6.45, 7) is 1.46. The minimum absolute atomic E-state index is 0.0893. The fourth-order valence-corrected chi connectivity index (χ4v) is 2.06. The molecule has 19 heavy (non-hydrogen) atoms. The van der Waals surface area contributed by atoms with Crippen LogP contribution in [0, 0.1) is 0 Å². The van der Waals surface area contributed by atoms with Gasteiger partial charge >= 0.3 is 0 Å². The molecular weight excluding hydrogens is 285 g/mol. The Bertz CT molecular complexity index is 641. The third kappa shape index (κ3) is 3.19. The van der Waals surface area contributed by atoms with Gasteiger partial charge in [0.1, 0.15) is 11.5 Å². The quantitative estimate of drug-likeness (QED) is 0.666. The third-order valence-electron chi connectivity index (χ3n) is 2.52. The van der Waals surface area contributed by atoms with Gasteiger partial charge in [-0.3, -0.25) is 4.79 Å². The van der Waals surface area contributed by atoms with Crippen molar-refractivity contribution < 1.29 is 9.53 Å². The lowest BCUT2D eigenvalue weighted by Crippen LogP contribution is -1.99. The standard InChI is InChI=1S/C14H11Cl2NO2/c1-8(18)11-4-3-10(7-13(11)17)19-14-5-2-9(15)6-12(14)16/h2-7H,17H2,1H3. The normalized spacial score (nSPS) is 10.3. The van der Waals surface area contributed by atoms with Crippen LogP contribution in [-0.4, -0.2) is 5.78 Å². The highest BCUT2D eigenvalue weighted by molar-refractivity contribution is 6.35. The number of anilines is 1. The molecule has 2 aromatic carbocycles. The van der Waals surface area contributed by atoms with E-state index in [1.165, 1.54) is 6.92 Å². The number of Topliss-reactive ketones (excluding diaryl/α,β-unsaturated/α-hetero) is 1. The van der Waals surface area contributed by atoms with E-state index in [-0.39, 0.29) is 5.78 Å². The van der Waals surface area contributed by atoms with Crippen LogP contribution in [0.2, 0.25) is 10.0 Å². The first-order chi connectivity index (χ1) is 8.97. The molecule has 0 saturated heterocycles. The van der Waals surface area contributed by atoms with Gasteiger partial charge in [0.25, 0.3) is 0 Å². The molecule has 0 aliphatic rings. The Kier molecular flexibility index (Phi) is 3.98. The molecule has 0 aromatic heterocycles. The number of rotatable bonds is 3. The van der Waals surface area contributed by atoms with Crippen molar-refractivity contribution in [3.63, 3.8) is 0 Å². The Morgan fingerprint density at radius 2 is 1.89 bits per heavy atom. The number of nitrogen functional groups attached to an aromatic ring is 1.